The molecule has 33 heavy (non-hydrogen) atoms. The van der Waals surface area contributed by atoms with Gasteiger partial charge in [-0.1, -0.05) is 24.3 Å². The van der Waals surface area contributed by atoms with Gasteiger partial charge in [0.25, 0.3) is 11.8 Å². The molecule has 0 saturated heterocycles. The summed E-state index contributed by atoms with van der Waals surface area (Å²) < 4.78 is 52.3. The molecule has 168 valence electrons. The Labute approximate surface area is 187 Å². The Morgan fingerprint density at radius 3 is 2.06 bits per heavy atom. The van der Waals surface area contributed by atoms with E-state index in [1.165, 1.54) is 12.1 Å². The monoisotopic (exact) mass is 454 g/mol. The van der Waals surface area contributed by atoms with Crippen LogP contribution in [0, 0.1) is 19.7 Å². The van der Waals surface area contributed by atoms with Crippen LogP contribution in [0.5, 0.6) is 0 Å². The van der Waals surface area contributed by atoms with Crippen LogP contribution >= 0.6 is 0 Å². The number of aryl methyl sites for hydroxylation is 2. The molecular formula is C25H18F4N2O2. The van der Waals surface area contributed by atoms with Crippen molar-refractivity contribution in [1.29, 1.82) is 0 Å². The van der Waals surface area contributed by atoms with Gasteiger partial charge >= 0.3 is 6.18 Å². The fourth-order valence-electron chi connectivity index (χ4n) is 3.57. The number of hydrogen-bond acceptors (Lipinski definition) is 3. The Balaban J connectivity index is 1.80. The Morgan fingerprint density at radius 2 is 1.45 bits per heavy atom. The van der Waals surface area contributed by atoms with Crippen molar-refractivity contribution in [2.24, 2.45) is 0 Å². The molecule has 1 N–H and O–H groups in total. The summed E-state index contributed by atoms with van der Waals surface area (Å²) in [6.07, 6.45) is -4.55. The van der Waals surface area contributed by atoms with E-state index in [9.17, 15) is 27.2 Å². The summed E-state index contributed by atoms with van der Waals surface area (Å²) in [5.41, 5.74) is 1.70. The summed E-state index contributed by atoms with van der Waals surface area (Å²) in [5, 5.41) is 3.02. The molecular weight excluding hydrogens is 436 g/mol. The number of halogens is 4. The maximum Gasteiger partial charge on any atom is 0.416 e. The summed E-state index contributed by atoms with van der Waals surface area (Å²) in [5.74, 6) is -1.96. The first kappa shape index (κ1) is 22.3. The maximum atomic E-state index is 13.5. The molecule has 1 aliphatic heterocycles. The van der Waals surface area contributed by atoms with Gasteiger partial charge in [-0.05, 0) is 73.0 Å². The molecule has 0 aliphatic carbocycles. The zero-order valence-electron chi connectivity index (χ0n) is 17.6. The van der Waals surface area contributed by atoms with Crippen LogP contribution in [0.4, 0.5) is 28.9 Å². The van der Waals surface area contributed by atoms with Gasteiger partial charge in [-0.2, -0.15) is 13.2 Å². The molecule has 0 fully saturated rings. The molecule has 0 spiro atoms. The molecule has 0 radical (unpaired) electrons. The van der Waals surface area contributed by atoms with Crippen LogP contribution < -0.4 is 10.2 Å². The van der Waals surface area contributed by atoms with Gasteiger partial charge in [0.15, 0.2) is 0 Å². The first-order valence-corrected chi connectivity index (χ1v) is 9.97. The number of benzene rings is 3. The molecule has 2 amide bonds. The lowest BCUT2D eigenvalue weighted by molar-refractivity contribution is -0.137. The van der Waals surface area contributed by atoms with Gasteiger partial charge in [0, 0.05) is 5.69 Å². The lowest BCUT2D eigenvalue weighted by Gasteiger charge is -2.17. The van der Waals surface area contributed by atoms with E-state index in [1.54, 1.807) is 0 Å². The fraction of sp³-hybridized carbons (Fsp3) is 0.120. The summed E-state index contributed by atoms with van der Waals surface area (Å²) >= 11 is 0. The molecule has 3 aromatic carbocycles. The van der Waals surface area contributed by atoms with Crippen molar-refractivity contribution in [2.75, 3.05) is 10.2 Å². The number of anilines is 2. The molecule has 0 saturated carbocycles. The minimum atomic E-state index is -4.55. The Hall–Kier alpha value is -3.94. The van der Waals surface area contributed by atoms with Crippen LogP contribution in [0.2, 0.25) is 0 Å². The fourth-order valence-corrected chi connectivity index (χ4v) is 3.57. The third-order valence-corrected chi connectivity index (χ3v) is 5.32. The highest BCUT2D eigenvalue weighted by Crippen LogP contribution is 2.36. The lowest BCUT2D eigenvalue weighted by Crippen LogP contribution is -2.32. The number of nitrogens with one attached hydrogen (secondary N) is 1. The molecule has 1 aliphatic rings. The van der Waals surface area contributed by atoms with Crippen molar-refractivity contribution >= 4 is 28.8 Å². The van der Waals surface area contributed by atoms with Gasteiger partial charge in [-0.3, -0.25) is 9.59 Å². The molecule has 0 unspecified atom stereocenters. The summed E-state index contributed by atoms with van der Waals surface area (Å²) in [6.45, 7) is 3.70. The Morgan fingerprint density at radius 1 is 0.818 bits per heavy atom. The lowest BCUT2D eigenvalue weighted by atomic mass is 10.0. The van der Waals surface area contributed by atoms with Crippen molar-refractivity contribution in [1.82, 2.24) is 0 Å². The smallest absolute Gasteiger partial charge is 0.350 e. The number of carbonyl (C=O) groups excluding carboxylic acids is 2. The Bertz CT molecular complexity index is 1280. The number of rotatable bonds is 4. The minimum absolute atomic E-state index is 0.000744. The molecule has 0 aromatic heterocycles. The molecule has 0 bridgehead atoms. The van der Waals surface area contributed by atoms with Crippen LogP contribution in [0.3, 0.4) is 0 Å². The van der Waals surface area contributed by atoms with Gasteiger partial charge in [0.05, 0.1) is 16.8 Å². The van der Waals surface area contributed by atoms with Gasteiger partial charge in [-0.15, -0.1) is 0 Å². The van der Waals surface area contributed by atoms with E-state index in [0.29, 0.717) is 11.3 Å². The van der Waals surface area contributed by atoms with Crippen molar-refractivity contribution in [3.8, 4) is 0 Å². The van der Waals surface area contributed by atoms with Crippen LogP contribution in [-0.2, 0) is 15.8 Å². The standard InChI is InChI=1S/C25H18F4N2O2/c1-14-3-4-15(2)20(13-14)30-22-21(16-5-9-18(26)10-6-16)23(32)31(24(22)33)19-11-7-17(8-12-19)25(27,28)29/h3-13,30H,1-2H3. The van der Waals surface area contributed by atoms with Crippen LogP contribution in [0.25, 0.3) is 5.57 Å². The average molecular weight is 454 g/mol. The van der Waals surface area contributed by atoms with Gasteiger partial charge in [0.1, 0.15) is 11.5 Å². The number of imide groups is 1. The highest BCUT2D eigenvalue weighted by Gasteiger charge is 2.41. The van der Waals surface area contributed by atoms with Crippen molar-refractivity contribution in [2.45, 2.75) is 20.0 Å². The van der Waals surface area contributed by atoms with E-state index >= 15 is 0 Å². The topological polar surface area (TPSA) is 49.4 Å². The zero-order chi connectivity index (χ0) is 23.9. The average Bonchev–Trinajstić information content (AvgIpc) is 3.00. The van der Waals surface area contributed by atoms with Crippen LogP contribution in [0.1, 0.15) is 22.3 Å². The molecule has 4 rings (SSSR count). The molecule has 8 heteroatoms. The molecule has 4 nitrogen and oxygen atoms in total. The van der Waals surface area contributed by atoms with E-state index in [2.05, 4.69) is 5.32 Å². The summed E-state index contributed by atoms with van der Waals surface area (Å²) in [7, 11) is 0. The quantitative estimate of drug-likeness (QED) is 0.397. The highest BCUT2D eigenvalue weighted by atomic mass is 19.4. The van der Waals surface area contributed by atoms with Crippen LogP contribution in [-0.4, -0.2) is 11.8 Å². The number of nitrogens with zero attached hydrogens (tertiary/aromatic N) is 1. The van der Waals surface area contributed by atoms with Crippen molar-refractivity contribution < 1.29 is 27.2 Å². The van der Waals surface area contributed by atoms with Crippen molar-refractivity contribution in [3.05, 3.63) is 100 Å². The number of hydrogen-bond donors (Lipinski definition) is 1. The molecule has 1 heterocycles. The SMILES string of the molecule is Cc1ccc(C)c(NC2=C(c3ccc(F)cc3)C(=O)N(c3ccc(C(F)(F)F)cc3)C2=O)c1. The van der Waals surface area contributed by atoms with Gasteiger partial charge in [-0.25, -0.2) is 9.29 Å². The van der Waals surface area contributed by atoms with Crippen molar-refractivity contribution in [3.63, 3.8) is 0 Å². The predicted molar refractivity (Wildman–Crippen MR) is 117 cm³/mol. The van der Waals surface area contributed by atoms with Gasteiger partial charge < -0.3 is 5.32 Å². The second kappa shape index (κ2) is 8.20. The van der Waals surface area contributed by atoms with Crippen LogP contribution in [0.15, 0.2) is 72.4 Å². The van der Waals surface area contributed by atoms with E-state index in [4.69, 9.17) is 0 Å². The predicted octanol–water partition coefficient (Wildman–Crippen LogP) is 5.86. The van der Waals surface area contributed by atoms with E-state index in [0.717, 1.165) is 52.4 Å². The largest absolute Gasteiger partial charge is 0.416 e. The minimum Gasteiger partial charge on any atom is -0.350 e. The molecule has 3 aromatic rings. The Kier molecular flexibility index (Phi) is 5.53. The summed E-state index contributed by atoms with van der Waals surface area (Å²) in [6, 6.07) is 14.4. The second-order valence-corrected chi connectivity index (χ2v) is 7.69. The van der Waals surface area contributed by atoms with Gasteiger partial charge in [0.2, 0.25) is 0 Å². The second-order valence-electron chi connectivity index (χ2n) is 7.69. The number of alkyl halides is 3. The highest BCUT2D eigenvalue weighted by molar-refractivity contribution is 6.46. The first-order valence-electron chi connectivity index (χ1n) is 9.97. The normalized spacial score (nSPS) is 14.3. The zero-order valence-corrected chi connectivity index (χ0v) is 17.6. The third-order valence-electron chi connectivity index (χ3n) is 5.32. The number of amides is 2. The molecule has 0 atom stereocenters. The van der Waals surface area contributed by atoms with E-state index < -0.39 is 29.4 Å². The first-order chi connectivity index (χ1) is 15.6. The van der Waals surface area contributed by atoms with E-state index in [-0.39, 0.29) is 17.0 Å². The summed E-state index contributed by atoms with van der Waals surface area (Å²) in [4.78, 5) is 27.5. The van der Waals surface area contributed by atoms with E-state index in [1.807, 2.05) is 32.0 Å². The number of carbonyl (C=O) groups is 2. The maximum absolute atomic E-state index is 13.5. The third kappa shape index (κ3) is 4.24.